The quantitative estimate of drug-likeness (QED) is 0.766. The first-order chi connectivity index (χ1) is 7.13. The number of amides is 1. The third-order valence-corrected chi connectivity index (χ3v) is 2.64. The first-order valence-corrected chi connectivity index (χ1v) is 5.19. The molecule has 0 spiro atoms. The van der Waals surface area contributed by atoms with Crippen molar-refractivity contribution < 1.29 is 19.1 Å². The van der Waals surface area contributed by atoms with Crippen LogP contribution in [-0.4, -0.2) is 41.6 Å². The number of carbonyl (C=O) groups is 2. The normalized spacial score (nSPS) is 21.4. The molecule has 15 heavy (non-hydrogen) atoms. The minimum atomic E-state index is -0.970. The Bertz CT molecular complexity index is 245. The van der Waals surface area contributed by atoms with Crippen molar-refractivity contribution >= 4 is 11.9 Å². The van der Waals surface area contributed by atoms with Gasteiger partial charge in [-0.3, -0.25) is 14.0 Å². The van der Waals surface area contributed by atoms with E-state index in [4.69, 9.17) is 5.11 Å². The maximum Gasteiger partial charge on any atom is 0.303 e. The molecule has 1 rings (SSSR count). The Labute approximate surface area is 88.1 Å². The molecule has 0 aliphatic carbocycles. The maximum absolute atomic E-state index is 12.4. The molecular weight excluding hydrogens is 201 g/mol. The molecule has 4 nitrogen and oxygen atoms in total. The van der Waals surface area contributed by atoms with Crippen molar-refractivity contribution in [2.24, 2.45) is 5.92 Å². The second-order valence-electron chi connectivity index (χ2n) is 3.90. The Balaban J connectivity index is 2.35. The van der Waals surface area contributed by atoms with Crippen molar-refractivity contribution in [3.05, 3.63) is 0 Å². The zero-order chi connectivity index (χ0) is 11.3. The summed E-state index contributed by atoms with van der Waals surface area (Å²) >= 11 is 0. The number of hydrogen-bond donors (Lipinski definition) is 1. The number of piperidine rings is 1. The predicted octanol–water partition coefficient (Wildman–Crippen LogP) is 1.06. The summed E-state index contributed by atoms with van der Waals surface area (Å²) in [5, 5.41) is 8.43. The fourth-order valence-electron chi connectivity index (χ4n) is 1.79. The van der Waals surface area contributed by atoms with E-state index in [1.165, 1.54) is 0 Å². The van der Waals surface area contributed by atoms with Gasteiger partial charge in [0, 0.05) is 25.4 Å². The number of halogens is 1. The number of carboxylic acids is 1. The standard InChI is InChI=1S/C10H16FNO3/c11-6-8-2-1-5-12(7-8)9(13)3-4-10(14)15/h8H,1-7H2,(H,14,15)/t8-/m0/s1. The van der Waals surface area contributed by atoms with E-state index in [0.717, 1.165) is 12.8 Å². The molecule has 0 radical (unpaired) electrons. The van der Waals surface area contributed by atoms with Crippen molar-refractivity contribution in [2.75, 3.05) is 19.8 Å². The van der Waals surface area contributed by atoms with E-state index >= 15 is 0 Å². The summed E-state index contributed by atoms with van der Waals surface area (Å²) in [6.45, 7) is 0.673. The average molecular weight is 217 g/mol. The first kappa shape index (κ1) is 11.9. The highest BCUT2D eigenvalue weighted by Gasteiger charge is 2.23. The lowest BCUT2D eigenvalue weighted by Gasteiger charge is -2.31. The number of carbonyl (C=O) groups excluding carboxylic acids is 1. The van der Waals surface area contributed by atoms with Gasteiger partial charge in [-0.15, -0.1) is 0 Å². The minimum Gasteiger partial charge on any atom is -0.481 e. The zero-order valence-electron chi connectivity index (χ0n) is 8.62. The molecular formula is C10H16FNO3. The number of aliphatic carboxylic acids is 1. The van der Waals surface area contributed by atoms with Gasteiger partial charge in [0.25, 0.3) is 0 Å². The zero-order valence-corrected chi connectivity index (χ0v) is 8.62. The van der Waals surface area contributed by atoms with Gasteiger partial charge < -0.3 is 10.0 Å². The van der Waals surface area contributed by atoms with Gasteiger partial charge in [0.1, 0.15) is 0 Å². The smallest absolute Gasteiger partial charge is 0.303 e. The number of carboxylic acid groups (broad SMARTS) is 1. The molecule has 1 atom stereocenters. The predicted molar refractivity (Wildman–Crippen MR) is 52.1 cm³/mol. The molecule has 1 aliphatic rings. The van der Waals surface area contributed by atoms with E-state index < -0.39 is 12.6 Å². The molecule has 1 N–H and O–H groups in total. The molecule has 1 amide bonds. The summed E-state index contributed by atoms with van der Waals surface area (Å²) in [4.78, 5) is 23.4. The van der Waals surface area contributed by atoms with Gasteiger partial charge in [-0.1, -0.05) is 0 Å². The third-order valence-electron chi connectivity index (χ3n) is 2.64. The number of likely N-dealkylation sites (tertiary alicyclic amines) is 1. The summed E-state index contributed by atoms with van der Waals surface area (Å²) in [6, 6.07) is 0. The van der Waals surface area contributed by atoms with Crippen molar-refractivity contribution in [1.29, 1.82) is 0 Å². The Morgan fingerprint density at radius 1 is 1.40 bits per heavy atom. The van der Waals surface area contributed by atoms with Crippen LogP contribution in [0.4, 0.5) is 4.39 Å². The molecule has 1 aliphatic heterocycles. The van der Waals surface area contributed by atoms with Crippen molar-refractivity contribution in [1.82, 2.24) is 4.90 Å². The highest BCUT2D eigenvalue weighted by atomic mass is 19.1. The molecule has 1 fully saturated rings. The highest BCUT2D eigenvalue weighted by molar-refractivity contribution is 5.80. The van der Waals surface area contributed by atoms with Crippen LogP contribution in [0.25, 0.3) is 0 Å². The molecule has 1 heterocycles. The number of alkyl halides is 1. The number of rotatable bonds is 4. The molecule has 5 heteroatoms. The van der Waals surface area contributed by atoms with Crippen LogP contribution in [0.1, 0.15) is 25.7 Å². The van der Waals surface area contributed by atoms with E-state index in [9.17, 15) is 14.0 Å². The Morgan fingerprint density at radius 2 is 2.13 bits per heavy atom. The van der Waals surface area contributed by atoms with Gasteiger partial charge in [-0.05, 0) is 12.8 Å². The van der Waals surface area contributed by atoms with Crippen LogP contribution in [0.3, 0.4) is 0 Å². The largest absolute Gasteiger partial charge is 0.481 e. The SMILES string of the molecule is O=C(O)CCC(=O)N1CCC[C@@H](CF)C1. The Kier molecular flexibility index (Phi) is 4.52. The van der Waals surface area contributed by atoms with E-state index in [1.54, 1.807) is 4.90 Å². The van der Waals surface area contributed by atoms with E-state index in [2.05, 4.69) is 0 Å². The van der Waals surface area contributed by atoms with Crippen molar-refractivity contribution in [3.8, 4) is 0 Å². The van der Waals surface area contributed by atoms with Gasteiger partial charge in [-0.2, -0.15) is 0 Å². The molecule has 1 saturated heterocycles. The monoisotopic (exact) mass is 217 g/mol. The van der Waals surface area contributed by atoms with Gasteiger partial charge >= 0.3 is 5.97 Å². The lowest BCUT2D eigenvalue weighted by Crippen LogP contribution is -2.40. The molecule has 0 aromatic heterocycles. The van der Waals surface area contributed by atoms with Crippen molar-refractivity contribution in [2.45, 2.75) is 25.7 Å². The maximum atomic E-state index is 12.4. The van der Waals surface area contributed by atoms with E-state index in [0.29, 0.717) is 13.1 Å². The van der Waals surface area contributed by atoms with E-state index in [1.807, 2.05) is 0 Å². The molecule has 0 aromatic rings. The summed E-state index contributed by atoms with van der Waals surface area (Å²) in [5.74, 6) is -1.20. The van der Waals surface area contributed by atoms with Crippen LogP contribution < -0.4 is 0 Å². The minimum absolute atomic E-state index is 0.0222. The summed E-state index contributed by atoms with van der Waals surface area (Å²) in [7, 11) is 0. The highest BCUT2D eigenvalue weighted by Crippen LogP contribution is 2.17. The summed E-state index contributed by atoms with van der Waals surface area (Å²) < 4.78 is 12.4. The fraction of sp³-hybridized carbons (Fsp3) is 0.800. The van der Waals surface area contributed by atoms with Gasteiger partial charge in [0.05, 0.1) is 13.1 Å². The van der Waals surface area contributed by atoms with E-state index in [-0.39, 0.29) is 24.7 Å². The molecule has 86 valence electrons. The van der Waals surface area contributed by atoms with Crippen LogP contribution in [0.15, 0.2) is 0 Å². The number of nitrogens with zero attached hydrogens (tertiary/aromatic N) is 1. The average Bonchev–Trinajstić information content (AvgIpc) is 2.26. The summed E-state index contributed by atoms with van der Waals surface area (Å²) in [5.41, 5.74) is 0. The van der Waals surface area contributed by atoms with Crippen LogP contribution in [0.5, 0.6) is 0 Å². The Hall–Kier alpha value is -1.13. The lowest BCUT2D eigenvalue weighted by molar-refractivity contribution is -0.141. The second kappa shape index (κ2) is 5.68. The van der Waals surface area contributed by atoms with Crippen LogP contribution in [-0.2, 0) is 9.59 Å². The fourth-order valence-corrected chi connectivity index (χ4v) is 1.79. The third kappa shape index (κ3) is 3.85. The second-order valence-corrected chi connectivity index (χ2v) is 3.90. The Morgan fingerprint density at radius 3 is 2.73 bits per heavy atom. The molecule has 0 bridgehead atoms. The van der Waals surface area contributed by atoms with Crippen LogP contribution in [0.2, 0.25) is 0 Å². The lowest BCUT2D eigenvalue weighted by atomic mass is 9.99. The van der Waals surface area contributed by atoms with Gasteiger partial charge in [-0.25, -0.2) is 0 Å². The van der Waals surface area contributed by atoms with Gasteiger partial charge in [0.2, 0.25) is 5.91 Å². The van der Waals surface area contributed by atoms with Crippen LogP contribution in [0, 0.1) is 5.92 Å². The molecule has 0 unspecified atom stereocenters. The van der Waals surface area contributed by atoms with Gasteiger partial charge in [0.15, 0.2) is 0 Å². The van der Waals surface area contributed by atoms with Crippen molar-refractivity contribution in [3.63, 3.8) is 0 Å². The first-order valence-electron chi connectivity index (χ1n) is 5.19. The topological polar surface area (TPSA) is 57.6 Å². The van der Waals surface area contributed by atoms with Crippen LogP contribution >= 0.6 is 0 Å². The summed E-state index contributed by atoms with van der Waals surface area (Å²) in [6.07, 6.45) is 1.51. The molecule has 0 aromatic carbocycles. The molecule has 0 saturated carbocycles. The number of hydrogen-bond acceptors (Lipinski definition) is 2.